The van der Waals surface area contributed by atoms with Gasteiger partial charge in [-0.1, -0.05) is 12.1 Å². The molecule has 1 N–H and O–H groups in total. The van der Waals surface area contributed by atoms with Gasteiger partial charge in [0.25, 0.3) is 5.56 Å². The molecule has 1 atom stereocenters. The molecule has 9 heteroatoms. The van der Waals surface area contributed by atoms with Crippen molar-refractivity contribution >= 4 is 11.9 Å². The average molecular weight is 381 g/mol. The Morgan fingerprint density at radius 1 is 1.26 bits per heavy atom. The summed E-state index contributed by atoms with van der Waals surface area (Å²) >= 11 is 0. The molecule has 1 aromatic carbocycles. The van der Waals surface area contributed by atoms with Crippen LogP contribution in [0.4, 0.5) is 13.2 Å². The summed E-state index contributed by atoms with van der Waals surface area (Å²) in [6.45, 7) is 1.66. The number of halogens is 3. The highest BCUT2D eigenvalue weighted by molar-refractivity contribution is 5.94. The zero-order valence-corrected chi connectivity index (χ0v) is 14.1. The maximum absolute atomic E-state index is 12.8. The Balaban J connectivity index is 2.11. The highest BCUT2D eigenvalue weighted by Gasteiger charge is 2.36. The van der Waals surface area contributed by atoms with Crippen LogP contribution in [0.5, 0.6) is 5.75 Å². The van der Waals surface area contributed by atoms with Crippen LogP contribution in [0.1, 0.15) is 46.3 Å². The number of carbonyl (C=O) groups is 2. The van der Waals surface area contributed by atoms with Gasteiger partial charge in [-0.05, 0) is 24.6 Å². The number of fused-ring (bicyclic) bond motifs is 1. The van der Waals surface area contributed by atoms with Crippen molar-refractivity contribution in [3.8, 4) is 5.75 Å². The number of ether oxygens (including phenoxy) is 2. The molecule has 0 saturated heterocycles. The molecule has 1 aromatic heterocycles. The molecule has 0 aliphatic carbocycles. The Morgan fingerprint density at radius 3 is 2.52 bits per heavy atom. The number of esters is 2. The van der Waals surface area contributed by atoms with Gasteiger partial charge in [0.1, 0.15) is 5.56 Å². The Labute approximate surface area is 150 Å². The van der Waals surface area contributed by atoms with Gasteiger partial charge in [-0.15, -0.1) is 0 Å². The number of carbonyl (C=O) groups excluding carboxylic acids is 2. The molecule has 1 aliphatic heterocycles. The fraction of sp³-hybridized carbons (Fsp3) is 0.278. The Bertz CT molecular complexity index is 947. The highest BCUT2D eigenvalue weighted by Crippen LogP contribution is 2.39. The third kappa shape index (κ3) is 3.57. The van der Waals surface area contributed by atoms with E-state index in [2.05, 4.69) is 4.98 Å². The van der Waals surface area contributed by atoms with Crippen molar-refractivity contribution < 1.29 is 32.2 Å². The number of aromatic amines is 1. The van der Waals surface area contributed by atoms with Gasteiger partial charge >= 0.3 is 18.1 Å². The fourth-order valence-electron chi connectivity index (χ4n) is 2.93. The molecule has 6 nitrogen and oxygen atoms in total. The summed E-state index contributed by atoms with van der Waals surface area (Å²) in [5.74, 6) is -2.56. The predicted molar refractivity (Wildman–Crippen MR) is 86.6 cm³/mol. The van der Waals surface area contributed by atoms with Crippen molar-refractivity contribution in [2.24, 2.45) is 0 Å². The predicted octanol–water partition coefficient (Wildman–Crippen LogP) is 3.01. The first-order valence-electron chi connectivity index (χ1n) is 8.03. The van der Waals surface area contributed by atoms with E-state index < -0.39 is 35.2 Å². The van der Waals surface area contributed by atoms with Crippen LogP contribution in [-0.4, -0.2) is 23.5 Å². The largest absolute Gasteiger partial charge is 0.462 e. The molecule has 0 saturated carbocycles. The maximum atomic E-state index is 12.8. The molecule has 0 amide bonds. The average Bonchev–Trinajstić information content (AvgIpc) is 2.60. The second kappa shape index (κ2) is 6.90. The number of nitrogens with one attached hydrogen (secondary N) is 1. The van der Waals surface area contributed by atoms with E-state index in [9.17, 15) is 27.6 Å². The number of rotatable bonds is 3. The molecule has 2 aromatic rings. The third-order valence-electron chi connectivity index (χ3n) is 4.15. The zero-order valence-electron chi connectivity index (χ0n) is 14.1. The minimum absolute atomic E-state index is 0.0000817. The molecule has 0 spiro atoms. The standard InChI is InChI=1S/C18H14F3NO5/c1-2-26-17(25)12-8-22-16(24)14-11(7-13(23)27-15(12)14)9-3-5-10(6-4-9)18(19,20)21/h3-6,8,11H,2,7H2,1H3,(H,22,24)/t11-/m0/s1. The van der Waals surface area contributed by atoms with Crippen molar-refractivity contribution in [1.29, 1.82) is 0 Å². The van der Waals surface area contributed by atoms with Crippen molar-refractivity contribution in [2.75, 3.05) is 6.61 Å². The van der Waals surface area contributed by atoms with Gasteiger partial charge in [0, 0.05) is 12.1 Å². The van der Waals surface area contributed by atoms with Crippen LogP contribution in [0.3, 0.4) is 0 Å². The topological polar surface area (TPSA) is 85.5 Å². The van der Waals surface area contributed by atoms with Crippen molar-refractivity contribution in [1.82, 2.24) is 4.98 Å². The molecule has 0 bridgehead atoms. The van der Waals surface area contributed by atoms with E-state index in [0.29, 0.717) is 5.56 Å². The lowest BCUT2D eigenvalue weighted by atomic mass is 9.86. The summed E-state index contributed by atoms with van der Waals surface area (Å²) in [5, 5.41) is 0. The van der Waals surface area contributed by atoms with Gasteiger partial charge in [0.2, 0.25) is 0 Å². The van der Waals surface area contributed by atoms with Crippen LogP contribution >= 0.6 is 0 Å². The van der Waals surface area contributed by atoms with Gasteiger partial charge < -0.3 is 14.5 Å². The quantitative estimate of drug-likeness (QED) is 0.826. The van der Waals surface area contributed by atoms with Gasteiger partial charge in [0.15, 0.2) is 5.75 Å². The summed E-state index contributed by atoms with van der Waals surface area (Å²) in [5.41, 5.74) is -1.25. The summed E-state index contributed by atoms with van der Waals surface area (Å²) < 4.78 is 48.3. The number of aromatic nitrogens is 1. The van der Waals surface area contributed by atoms with Gasteiger partial charge in [-0.2, -0.15) is 13.2 Å². The molecule has 0 fully saturated rings. The van der Waals surface area contributed by atoms with E-state index in [1.807, 2.05) is 0 Å². The zero-order chi connectivity index (χ0) is 19.8. The summed E-state index contributed by atoms with van der Waals surface area (Å²) in [6, 6.07) is 4.15. The second-order valence-corrected chi connectivity index (χ2v) is 5.85. The number of H-pyrrole nitrogens is 1. The molecule has 0 radical (unpaired) electrons. The molecular weight excluding hydrogens is 367 g/mol. The Hall–Kier alpha value is -3.10. The number of benzene rings is 1. The molecule has 3 rings (SSSR count). The van der Waals surface area contributed by atoms with Crippen LogP contribution in [0, 0.1) is 0 Å². The van der Waals surface area contributed by atoms with E-state index in [1.165, 1.54) is 12.1 Å². The number of hydrogen-bond acceptors (Lipinski definition) is 5. The normalized spacial score (nSPS) is 16.4. The SMILES string of the molecule is CCOC(=O)c1c[nH]c(=O)c2c1OC(=O)C[C@H]2c1ccc(C(F)(F)F)cc1. The van der Waals surface area contributed by atoms with Crippen LogP contribution in [-0.2, 0) is 15.7 Å². The first-order chi connectivity index (χ1) is 12.7. The first kappa shape index (κ1) is 18.7. The lowest BCUT2D eigenvalue weighted by molar-refractivity contribution is -0.138. The maximum Gasteiger partial charge on any atom is 0.416 e. The Morgan fingerprint density at radius 2 is 1.93 bits per heavy atom. The second-order valence-electron chi connectivity index (χ2n) is 5.85. The van der Waals surface area contributed by atoms with Gasteiger partial charge in [-0.25, -0.2) is 4.79 Å². The lowest BCUT2D eigenvalue weighted by Gasteiger charge is -2.25. The van der Waals surface area contributed by atoms with Crippen molar-refractivity contribution in [2.45, 2.75) is 25.4 Å². The fourth-order valence-corrected chi connectivity index (χ4v) is 2.93. The molecule has 27 heavy (non-hydrogen) atoms. The molecule has 1 aliphatic rings. The molecule has 2 heterocycles. The van der Waals surface area contributed by atoms with E-state index in [1.54, 1.807) is 6.92 Å². The lowest BCUT2D eigenvalue weighted by Crippen LogP contribution is -2.30. The van der Waals surface area contributed by atoms with Gasteiger partial charge in [0.05, 0.1) is 24.2 Å². The number of pyridine rings is 1. The highest BCUT2D eigenvalue weighted by atomic mass is 19.4. The smallest absolute Gasteiger partial charge is 0.416 e. The minimum atomic E-state index is -4.50. The van der Waals surface area contributed by atoms with Crippen LogP contribution in [0.2, 0.25) is 0 Å². The first-order valence-corrected chi connectivity index (χ1v) is 8.03. The van der Waals surface area contributed by atoms with E-state index in [4.69, 9.17) is 9.47 Å². The van der Waals surface area contributed by atoms with E-state index in [0.717, 1.165) is 18.3 Å². The monoisotopic (exact) mass is 381 g/mol. The number of hydrogen-bond donors (Lipinski definition) is 1. The summed E-state index contributed by atoms with van der Waals surface area (Å²) in [7, 11) is 0. The third-order valence-corrected chi connectivity index (χ3v) is 4.15. The van der Waals surface area contributed by atoms with Crippen molar-refractivity contribution in [3.63, 3.8) is 0 Å². The molecule has 0 unspecified atom stereocenters. The van der Waals surface area contributed by atoms with Crippen molar-refractivity contribution in [3.05, 3.63) is 63.1 Å². The molecular formula is C18H14F3NO5. The Kier molecular flexibility index (Phi) is 4.77. The summed E-state index contributed by atoms with van der Waals surface area (Å²) in [4.78, 5) is 38.8. The molecule has 142 valence electrons. The van der Waals surface area contributed by atoms with Crippen LogP contribution in [0.25, 0.3) is 0 Å². The minimum Gasteiger partial charge on any atom is -0.462 e. The summed E-state index contributed by atoms with van der Waals surface area (Å²) in [6.07, 6.45) is -3.66. The van der Waals surface area contributed by atoms with Crippen LogP contribution in [0.15, 0.2) is 35.3 Å². The van der Waals surface area contributed by atoms with Crippen LogP contribution < -0.4 is 10.3 Å². The number of alkyl halides is 3. The van der Waals surface area contributed by atoms with E-state index >= 15 is 0 Å². The van der Waals surface area contributed by atoms with E-state index in [-0.39, 0.29) is 29.9 Å². The van der Waals surface area contributed by atoms with Gasteiger partial charge in [-0.3, -0.25) is 9.59 Å².